The van der Waals surface area contributed by atoms with Gasteiger partial charge in [-0.15, -0.1) is 0 Å². The highest BCUT2D eigenvalue weighted by molar-refractivity contribution is 5.86. The van der Waals surface area contributed by atoms with E-state index in [1.54, 1.807) is 12.4 Å². The van der Waals surface area contributed by atoms with Gasteiger partial charge in [-0.05, 0) is 13.0 Å². The predicted octanol–water partition coefficient (Wildman–Crippen LogP) is 1.17. The summed E-state index contributed by atoms with van der Waals surface area (Å²) in [6.45, 7) is 3.55. The highest BCUT2D eigenvalue weighted by Gasteiger charge is 2.09. The van der Waals surface area contributed by atoms with Crippen LogP contribution >= 0.6 is 0 Å². The fraction of sp³-hybridized carbons (Fsp3) is 0.385. The van der Waals surface area contributed by atoms with E-state index in [0.717, 1.165) is 36.4 Å². The van der Waals surface area contributed by atoms with E-state index in [1.807, 2.05) is 24.7 Å². The molecule has 0 fully saturated rings. The van der Waals surface area contributed by atoms with Crippen molar-refractivity contribution in [1.29, 1.82) is 0 Å². The van der Waals surface area contributed by atoms with E-state index < -0.39 is 0 Å². The Labute approximate surface area is 122 Å². The van der Waals surface area contributed by atoms with Crippen LogP contribution < -0.4 is 10.6 Å². The Morgan fingerprint density at radius 3 is 2.95 bits per heavy atom. The summed E-state index contributed by atoms with van der Waals surface area (Å²) < 4.78 is 1.87. The Balaban J connectivity index is 1.76. The molecule has 0 bridgehead atoms. The molecule has 3 N–H and O–H groups in total. The maximum atomic E-state index is 4.49. The van der Waals surface area contributed by atoms with Crippen LogP contribution in [0.3, 0.4) is 0 Å². The maximum absolute atomic E-state index is 4.49. The van der Waals surface area contributed by atoms with Crippen LogP contribution in [0.15, 0.2) is 18.5 Å². The van der Waals surface area contributed by atoms with Gasteiger partial charge in [-0.2, -0.15) is 20.2 Å². The molecule has 0 aliphatic carbocycles. The molecular formula is C13H18N8. The highest BCUT2D eigenvalue weighted by Crippen LogP contribution is 2.19. The van der Waals surface area contributed by atoms with Gasteiger partial charge in [0.15, 0.2) is 5.65 Å². The Morgan fingerprint density at radius 1 is 1.29 bits per heavy atom. The van der Waals surface area contributed by atoms with Gasteiger partial charge < -0.3 is 10.6 Å². The standard InChI is InChI=1S/C13H18N8/c1-3-14-13-18-11(10-8-16-20-12(10)19-13)15-6-4-9-5-7-17-21(9)2/h5,7-8H,3-4,6H2,1-2H3,(H3,14,15,16,18,19,20). The molecule has 0 spiro atoms. The molecule has 8 heteroatoms. The van der Waals surface area contributed by atoms with E-state index in [-0.39, 0.29) is 0 Å². The van der Waals surface area contributed by atoms with Crippen molar-refractivity contribution < 1.29 is 0 Å². The van der Waals surface area contributed by atoms with E-state index in [9.17, 15) is 0 Å². The zero-order valence-corrected chi connectivity index (χ0v) is 12.1. The molecule has 0 aliphatic heterocycles. The number of hydrogen-bond donors (Lipinski definition) is 3. The van der Waals surface area contributed by atoms with Gasteiger partial charge in [-0.25, -0.2) is 0 Å². The van der Waals surface area contributed by atoms with Gasteiger partial charge >= 0.3 is 0 Å². The summed E-state index contributed by atoms with van der Waals surface area (Å²) in [5, 5.41) is 18.4. The van der Waals surface area contributed by atoms with Gasteiger partial charge in [0.1, 0.15) is 5.82 Å². The average molecular weight is 286 g/mol. The first kappa shape index (κ1) is 13.3. The SMILES string of the molecule is CCNc1nc(NCCc2ccnn2C)c2cn[nH]c2n1. The summed E-state index contributed by atoms with van der Waals surface area (Å²) in [5.74, 6) is 1.38. The fourth-order valence-electron chi connectivity index (χ4n) is 2.16. The third-order valence-corrected chi connectivity index (χ3v) is 3.24. The van der Waals surface area contributed by atoms with Gasteiger partial charge in [0.25, 0.3) is 0 Å². The number of nitrogens with one attached hydrogen (secondary N) is 3. The number of aromatic nitrogens is 6. The number of aryl methyl sites for hydroxylation is 1. The summed E-state index contributed by atoms with van der Waals surface area (Å²) in [5.41, 5.74) is 1.90. The average Bonchev–Trinajstić information content (AvgIpc) is 3.08. The van der Waals surface area contributed by atoms with Gasteiger partial charge in [-0.3, -0.25) is 9.78 Å². The Bertz CT molecular complexity index is 729. The Morgan fingerprint density at radius 2 is 2.19 bits per heavy atom. The molecule has 3 aromatic heterocycles. The molecule has 0 unspecified atom stereocenters. The Hall–Kier alpha value is -2.64. The summed E-state index contributed by atoms with van der Waals surface area (Å²) in [7, 11) is 1.94. The minimum absolute atomic E-state index is 0.595. The van der Waals surface area contributed by atoms with Crippen molar-refractivity contribution in [1.82, 2.24) is 29.9 Å². The molecular weight excluding hydrogens is 268 g/mol. The largest absolute Gasteiger partial charge is 0.369 e. The second-order valence-electron chi connectivity index (χ2n) is 4.68. The van der Waals surface area contributed by atoms with E-state index in [1.165, 1.54) is 5.69 Å². The first-order valence-corrected chi connectivity index (χ1v) is 6.93. The van der Waals surface area contributed by atoms with E-state index in [4.69, 9.17) is 0 Å². The number of fused-ring (bicyclic) bond motifs is 1. The molecule has 0 saturated carbocycles. The summed E-state index contributed by atoms with van der Waals surface area (Å²) in [6.07, 6.45) is 4.41. The summed E-state index contributed by atoms with van der Waals surface area (Å²) in [4.78, 5) is 8.85. The molecule has 21 heavy (non-hydrogen) atoms. The molecule has 110 valence electrons. The number of H-pyrrole nitrogens is 1. The van der Waals surface area contributed by atoms with Crippen LogP contribution in [0, 0.1) is 0 Å². The second kappa shape index (κ2) is 5.78. The third kappa shape index (κ3) is 2.78. The number of aromatic amines is 1. The van der Waals surface area contributed by atoms with Gasteiger partial charge in [-0.1, -0.05) is 0 Å². The molecule has 3 heterocycles. The quantitative estimate of drug-likeness (QED) is 0.629. The number of rotatable bonds is 6. The van der Waals surface area contributed by atoms with Crippen LogP contribution in [0.4, 0.5) is 11.8 Å². The first-order chi connectivity index (χ1) is 10.3. The van der Waals surface area contributed by atoms with E-state index in [0.29, 0.717) is 5.95 Å². The fourth-order valence-corrected chi connectivity index (χ4v) is 2.16. The molecule has 0 radical (unpaired) electrons. The molecule has 0 saturated heterocycles. The zero-order chi connectivity index (χ0) is 14.7. The van der Waals surface area contributed by atoms with Crippen molar-refractivity contribution in [2.45, 2.75) is 13.3 Å². The second-order valence-corrected chi connectivity index (χ2v) is 4.68. The third-order valence-electron chi connectivity index (χ3n) is 3.24. The lowest BCUT2D eigenvalue weighted by Crippen LogP contribution is -2.11. The molecule has 8 nitrogen and oxygen atoms in total. The lowest BCUT2D eigenvalue weighted by Gasteiger charge is -2.09. The van der Waals surface area contributed by atoms with Gasteiger partial charge in [0.2, 0.25) is 5.95 Å². The van der Waals surface area contributed by atoms with Crippen LogP contribution in [-0.4, -0.2) is 43.0 Å². The normalized spacial score (nSPS) is 11.0. The van der Waals surface area contributed by atoms with Crippen molar-refractivity contribution in [2.75, 3.05) is 23.7 Å². The summed E-state index contributed by atoms with van der Waals surface area (Å²) in [6, 6.07) is 2.01. The monoisotopic (exact) mass is 286 g/mol. The van der Waals surface area contributed by atoms with Crippen molar-refractivity contribution in [3.8, 4) is 0 Å². The molecule has 3 aromatic rings. The van der Waals surface area contributed by atoms with Gasteiger partial charge in [0.05, 0.1) is 11.6 Å². The minimum Gasteiger partial charge on any atom is -0.369 e. The van der Waals surface area contributed by atoms with E-state index in [2.05, 4.69) is 35.9 Å². The van der Waals surface area contributed by atoms with Crippen molar-refractivity contribution in [3.63, 3.8) is 0 Å². The number of nitrogens with zero attached hydrogens (tertiary/aromatic N) is 5. The smallest absolute Gasteiger partial charge is 0.226 e. The highest BCUT2D eigenvalue weighted by atomic mass is 15.3. The molecule has 0 atom stereocenters. The van der Waals surface area contributed by atoms with Crippen molar-refractivity contribution in [2.24, 2.45) is 7.05 Å². The topological polar surface area (TPSA) is 96.3 Å². The van der Waals surface area contributed by atoms with Crippen molar-refractivity contribution >= 4 is 22.8 Å². The zero-order valence-electron chi connectivity index (χ0n) is 12.1. The molecule has 0 aromatic carbocycles. The summed E-state index contributed by atoms with van der Waals surface area (Å²) >= 11 is 0. The lowest BCUT2D eigenvalue weighted by atomic mass is 10.3. The predicted molar refractivity (Wildman–Crippen MR) is 81.2 cm³/mol. The first-order valence-electron chi connectivity index (χ1n) is 6.93. The van der Waals surface area contributed by atoms with Crippen LogP contribution in [0.2, 0.25) is 0 Å². The van der Waals surface area contributed by atoms with Crippen LogP contribution in [0.25, 0.3) is 11.0 Å². The van der Waals surface area contributed by atoms with Crippen LogP contribution in [0.1, 0.15) is 12.6 Å². The Kier molecular flexibility index (Phi) is 3.67. The number of anilines is 2. The van der Waals surface area contributed by atoms with E-state index >= 15 is 0 Å². The molecule has 3 rings (SSSR count). The minimum atomic E-state index is 0.595. The van der Waals surface area contributed by atoms with Crippen molar-refractivity contribution in [3.05, 3.63) is 24.2 Å². The van der Waals surface area contributed by atoms with Crippen LogP contribution in [-0.2, 0) is 13.5 Å². The molecule has 0 amide bonds. The molecule has 0 aliphatic rings. The van der Waals surface area contributed by atoms with Crippen LogP contribution in [0.5, 0.6) is 0 Å². The lowest BCUT2D eigenvalue weighted by molar-refractivity contribution is 0.711. The maximum Gasteiger partial charge on any atom is 0.226 e. The number of hydrogen-bond acceptors (Lipinski definition) is 6. The van der Waals surface area contributed by atoms with Gasteiger partial charge in [0, 0.05) is 38.4 Å².